The Balaban J connectivity index is 1.75. The van der Waals surface area contributed by atoms with Crippen molar-refractivity contribution in [2.75, 3.05) is 20.1 Å². The first kappa shape index (κ1) is 22.7. The lowest BCUT2D eigenvalue weighted by atomic mass is 10.1. The topological polar surface area (TPSA) is 90.5 Å². The van der Waals surface area contributed by atoms with Gasteiger partial charge in [-0.25, -0.2) is 4.79 Å². The second kappa shape index (κ2) is 10.2. The monoisotopic (exact) mass is 414 g/mol. The number of alkyl halides is 3. The SMILES string of the molecule is CN(CC(=O)NC(=O)NC1CCCC1)Cc1ccc(C(=O)NCC(F)(F)F)cc1. The molecule has 0 bridgehead atoms. The van der Waals surface area contributed by atoms with Gasteiger partial charge in [0.1, 0.15) is 6.54 Å². The molecule has 29 heavy (non-hydrogen) atoms. The van der Waals surface area contributed by atoms with Gasteiger partial charge in [0.25, 0.3) is 5.91 Å². The molecule has 0 atom stereocenters. The van der Waals surface area contributed by atoms with Gasteiger partial charge in [-0.3, -0.25) is 19.8 Å². The van der Waals surface area contributed by atoms with Crippen LogP contribution in [0, 0.1) is 0 Å². The van der Waals surface area contributed by atoms with Crippen LogP contribution in [0.4, 0.5) is 18.0 Å². The van der Waals surface area contributed by atoms with Gasteiger partial charge in [0.05, 0.1) is 6.54 Å². The number of likely N-dealkylation sites (N-methyl/N-ethyl adjacent to an activating group) is 1. The van der Waals surface area contributed by atoms with Gasteiger partial charge in [-0.2, -0.15) is 13.2 Å². The van der Waals surface area contributed by atoms with E-state index in [1.54, 1.807) is 29.4 Å². The van der Waals surface area contributed by atoms with Gasteiger partial charge >= 0.3 is 12.2 Å². The van der Waals surface area contributed by atoms with Crippen molar-refractivity contribution in [3.63, 3.8) is 0 Å². The average Bonchev–Trinajstić information content (AvgIpc) is 3.12. The van der Waals surface area contributed by atoms with Crippen LogP contribution in [0.15, 0.2) is 24.3 Å². The van der Waals surface area contributed by atoms with Gasteiger partial charge < -0.3 is 10.6 Å². The fourth-order valence-corrected chi connectivity index (χ4v) is 3.11. The Kier molecular flexibility index (Phi) is 8.00. The minimum Gasteiger partial charge on any atom is -0.343 e. The maximum absolute atomic E-state index is 12.1. The number of benzene rings is 1. The minimum atomic E-state index is -4.47. The number of carbonyl (C=O) groups excluding carboxylic acids is 3. The van der Waals surface area contributed by atoms with E-state index in [2.05, 4.69) is 10.6 Å². The molecule has 0 aliphatic heterocycles. The highest BCUT2D eigenvalue weighted by molar-refractivity contribution is 5.95. The number of rotatable bonds is 7. The number of carbonyl (C=O) groups is 3. The smallest absolute Gasteiger partial charge is 0.343 e. The van der Waals surface area contributed by atoms with Gasteiger partial charge in [-0.05, 0) is 37.6 Å². The summed E-state index contributed by atoms with van der Waals surface area (Å²) < 4.78 is 36.4. The van der Waals surface area contributed by atoms with E-state index in [0.29, 0.717) is 6.54 Å². The van der Waals surface area contributed by atoms with E-state index < -0.39 is 30.6 Å². The van der Waals surface area contributed by atoms with Crippen LogP contribution in [0.5, 0.6) is 0 Å². The largest absolute Gasteiger partial charge is 0.405 e. The fourth-order valence-electron chi connectivity index (χ4n) is 3.11. The zero-order valence-corrected chi connectivity index (χ0v) is 16.1. The molecule has 1 fully saturated rings. The minimum absolute atomic E-state index is 0.00803. The molecule has 7 nitrogen and oxygen atoms in total. The molecule has 4 amide bonds. The number of halogens is 3. The normalized spacial score (nSPS) is 14.7. The fraction of sp³-hybridized carbons (Fsp3) is 0.526. The molecule has 1 aromatic rings. The second-order valence-corrected chi connectivity index (χ2v) is 7.17. The second-order valence-electron chi connectivity index (χ2n) is 7.17. The van der Waals surface area contributed by atoms with Gasteiger partial charge in [0, 0.05) is 18.2 Å². The van der Waals surface area contributed by atoms with Gasteiger partial charge in [0.15, 0.2) is 0 Å². The number of nitrogens with zero attached hydrogens (tertiary/aromatic N) is 1. The van der Waals surface area contributed by atoms with Crippen LogP contribution in [0.3, 0.4) is 0 Å². The van der Waals surface area contributed by atoms with Crippen molar-refractivity contribution in [1.82, 2.24) is 20.9 Å². The lowest BCUT2D eigenvalue weighted by Crippen LogP contribution is -2.46. The molecule has 1 aromatic carbocycles. The molecule has 160 valence electrons. The molecule has 2 rings (SSSR count). The Morgan fingerprint density at radius 2 is 1.72 bits per heavy atom. The molecule has 1 saturated carbocycles. The van der Waals surface area contributed by atoms with Crippen LogP contribution in [0.2, 0.25) is 0 Å². The van der Waals surface area contributed by atoms with E-state index in [1.165, 1.54) is 12.1 Å². The predicted molar refractivity (Wildman–Crippen MR) is 100 cm³/mol. The van der Waals surface area contributed by atoms with Crippen molar-refractivity contribution in [1.29, 1.82) is 0 Å². The van der Waals surface area contributed by atoms with Crippen LogP contribution < -0.4 is 16.0 Å². The summed E-state index contributed by atoms with van der Waals surface area (Å²) in [7, 11) is 1.69. The van der Waals surface area contributed by atoms with E-state index in [-0.39, 0.29) is 18.2 Å². The zero-order valence-electron chi connectivity index (χ0n) is 16.1. The quantitative estimate of drug-likeness (QED) is 0.638. The van der Waals surface area contributed by atoms with E-state index in [1.807, 2.05) is 0 Å². The summed E-state index contributed by atoms with van der Waals surface area (Å²) in [6, 6.07) is 5.67. The summed E-state index contributed by atoms with van der Waals surface area (Å²) in [5, 5.41) is 6.87. The van der Waals surface area contributed by atoms with E-state index in [0.717, 1.165) is 31.2 Å². The first-order valence-electron chi connectivity index (χ1n) is 9.35. The molecule has 0 heterocycles. The van der Waals surface area contributed by atoms with Gasteiger partial charge in [-0.1, -0.05) is 25.0 Å². The van der Waals surface area contributed by atoms with Crippen molar-refractivity contribution in [3.05, 3.63) is 35.4 Å². The van der Waals surface area contributed by atoms with Crippen LogP contribution in [0.25, 0.3) is 0 Å². The molecule has 1 aliphatic carbocycles. The van der Waals surface area contributed by atoms with Crippen molar-refractivity contribution < 1.29 is 27.6 Å². The van der Waals surface area contributed by atoms with Crippen LogP contribution >= 0.6 is 0 Å². The lowest BCUT2D eigenvalue weighted by Gasteiger charge is -2.17. The molecule has 0 spiro atoms. The molecular formula is C19H25F3N4O3. The number of imide groups is 1. The predicted octanol–water partition coefficient (Wildman–Crippen LogP) is 2.18. The number of urea groups is 1. The van der Waals surface area contributed by atoms with Gasteiger partial charge in [0.2, 0.25) is 5.91 Å². The maximum Gasteiger partial charge on any atom is 0.405 e. The third-order valence-corrected chi connectivity index (χ3v) is 4.47. The number of hydrogen-bond donors (Lipinski definition) is 3. The zero-order chi connectivity index (χ0) is 21.4. The number of amides is 4. The summed E-state index contributed by atoms with van der Waals surface area (Å²) in [5.74, 6) is -1.25. The highest BCUT2D eigenvalue weighted by atomic mass is 19.4. The molecule has 0 aromatic heterocycles. The number of hydrogen-bond acceptors (Lipinski definition) is 4. The lowest BCUT2D eigenvalue weighted by molar-refractivity contribution is -0.123. The highest BCUT2D eigenvalue weighted by Gasteiger charge is 2.27. The summed E-state index contributed by atoms with van der Waals surface area (Å²) in [4.78, 5) is 37.1. The average molecular weight is 414 g/mol. The third kappa shape index (κ3) is 8.51. The maximum atomic E-state index is 12.1. The first-order chi connectivity index (χ1) is 13.6. The Bertz CT molecular complexity index is 716. The standard InChI is InChI=1S/C19H25F3N4O3/c1-26(11-16(27)25-18(29)24-15-4-2-3-5-15)10-13-6-8-14(9-7-13)17(28)23-12-19(20,21)22/h6-9,15H,2-5,10-12H2,1H3,(H,23,28)(H2,24,25,27,29). The van der Waals surface area contributed by atoms with Crippen LogP contribution in [0.1, 0.15) is 41.6 Å². The summed E-state index contributed by atoms with van der Waals surface area (Å²) in [6.07, 6.45) is -0.473. The summed E-state index contributed by atoms with van der Waals surface area (Å²) in [6.45, 7) is -1.03. The molecule has 10 heteroatoms. The summed E-state index contributed by atoms with van der Waals surface area (Å²) in [5.41, 5.74) is 0.880. The Morgan fingerprint density at radius 3 is 2.31 bits per heavy atom. The molecule has 1 aliphatic rings. The third-order valence-electron chi connectivity index (χ3n) is 4.47. The van der Waals surface area contributed by atoms with Gasteiger partial charge in [-0.15, -0.1) is 0 Å². The molecular weight excluding hydrogens is 389 g/mol. The Hall–Kier alpha value is -2.62. The molecule has 0 unspecified atom stereocenters. The molecule has 3 N–H and O–H groups in total. The molecule has 0 saturated heterocycles. The van der Waals surface area contributed by atoms with Crippen molar-refractivity contribution in [3.8, 4) is 0 Å². The van der Waals surface area contributed by atoms with E-state index in [9.17, 15) is 27.6 Å². The molecule has 0 radical (unpaired) electrons. The van der Waals surface area contributed by atoms with Crippen molar-refractivity contribution >= 4 is 17.8 Å². The Labute approximate surface area is 167 Å². The first-order valence-corrected chi connectivity index (χ1v) is 9.35. The van der Waals surface area contributed by atoms with Crippen LogP contribution in [-0.4, -0.2) is 55.1 Å². The number of nitrogens with one attached hydrogen (secondary N) is 3. The highest BCUT2D eigenvalue weighted by Crippen LogP contribution is 2.17. The van der Waals surface area contributed by atoms with E-state index >= 15 is 0 Å². The van der Waals surface area contributed by atoms with Crippen molar-refractivity contribution in [2.24, 2.45) is 0 Å². The van der Waals surface area contributed by atoms with Crippen molar-refractivity contribution in [2.45, 2.75) is 44.4 Å². The van der Waals surface area contributed by atoms with Crippen LogP contribution in [-0.2, 0) is 11.3 Å². The van der Waals surface area contributed by atoms with E-state index in [4.69, 9.17) is 0 Å². The Morgan fingerprint density at radius 1 is 1.10 bits per heavy atom. The summed E-state index contributed by atoms with van der Waals surface area (Å²) >= 11 is 0.